The van der Waals surface area contributed by atoms with Crippen LogP contribution >= 0.6 is 0 Å². The van der Waals surface area contributed by atoms with E-state index in [9.17, 15) is 13.6 Å². The lowest BCUT2D eigenvalue weighted by Gasteiger charge is -2.21. The van der Waals surface area contributed by atoms with Gasteiger partial charge in [0.15, 0.2) is 0 Å². The van der Waals surface area contributed by atoms with Crippen LogP contribution in [0.25, 0.3) is 0 Å². The molecule has 124 valence electrons. The molecule has 1 amide bonds. The lowest BCUT2D eigenvalue weighted by molar-refractivity contribution is 0.0524. The summed E-state index contributed by atoms with van der Waals surface area (Å²) in [6.07, 6.45) is -0.684. The van der Waals surface area contributed by atoms with Gasteiger partial charge in [-0.1, -0.05) is 0 Å². The topological polar surface area (TPSA) is 73.6 Å². The number of carbonyl (C=O) groups excluding carboxylic acids is 1. The Morgan fingerprint density at radius 1 is 1.32 bits per heavy atom. The molecule has 22 heavy (non-hydrogen) atoms. The molecule has 0 heterocycles. The molecule has 0 fully saturated rings. The van der Waals surface area contributed by atoms with Crippen molar-refractivity contribution in [2.24, 2.45) is 5.73 Å². The number of rotatable bonds is 5. The molecule has 7 heteroatoms. The van der Waals surface area contributed by atoms with Crippen molar-refractivity contribution in [1.29, 1.82) is 0 Å². The molecule has 5 nitrogen and oxygen atoms in total. The fourth-order valence-electron chi connectivity index (χ4n) is 1.76. The molecule has 0 aliphatic heterocycles. The minimum absolute atomic E-state index is 0.0415. The van der Waals surface area contributed by atoms with Crippen LogP contribution in [0.4, 0.5) is 13.6 Å². The van der Waals surface area contributed by atoms with Crippen LogP contribution in [0.15, 0.2) is 12.1 Å². The van der Waals surface area contributed by atoms with Crippen molar-refractivity contribution in [2.75, 3.05) is 13.7 Å². The SMILES string of the molecule is COc1cc(F)c(CC(N)CNC(=O)OC(C)(C)C)c(F)c1. The van der Waals surface area contributed by atoms with Crippen molar-refractivity contribution in [2.45, 2.75) is 38.8 Å². The predicted molar refractivity (Wildman–Crippen MR) is 78.8 cm³/mol. The summed E-state index contributed by atoms with van der Waals surface area (Å²) >= 11 is 0. The van der Waals surface area contributed by atoms with E-state index < -0.39 is 29.4 Å². The minimum Gasteiger partial charge on any atom is -0.497 e. The molecule has 0 saturated heterocycles. The summed E-state index contributed by atoms with van der Waals surface area (Å²) in [6.45, 7) is 5.23. The summed E-state index contributed by atoms with van der Waals surface area (Å²) in [7, 11) is 1.32. The Balaban J connectivity index is 2.59. The monoisotopic (exact) mass is 316 g/mol. The second-order valence-corrected chi connectivity index (χ2v) is 5.92. The van der Waals surface area contributed by atoms with E-state index in [1.54, 1.807) is 20.8 Å². The maximum Gasteiger partial charge on any atom is 0.407 e. The first-order chi connectivity index (χ1) is 10.1. The highest BCUT2D eigenvalue weighted by Crippen LogP contribution is 2.21. The summed E-state index contributed by atoms with van der Waals surface area (Å²) in [4.78, 5) is 11.5. The van der Waals surface area contributed by atoms with E-state index in [1.165, 1.54) is 7.11 Å². The van der Waals surface area contributed by atoms with Gasteiger partial charge >= 0.3 is 6.09 Å². The van der Waals surface area contributed by atoms with Gasteiger partial charge in [-0.25, -0.2) is 13.6 Å². The van der Waals surface area contributed by atoms with Gasteiger partial charge in [0.2, 0.25) is 0 Å². The van der Waals surface area contributed by atoms with Crippen molar-refractivity contribution in [3.63, 3.8) is 0 Å². The van der Waals surface area contributed by atoms with Gasteiger partial charge < -0.3 is 20.5 Å². The third kappa shape index (κ3) is 5.85. The van der Waals surface area contributed by atoms with Crippen molar-refractivity contribution >= 4 is 6.09 Å². The highest BCUT2D eigenvalue weighted by atomic mass is 19.1. The molecule has 0 aliphatic rings. The maximum absolute atomic E-state index is 13.8. The number of hydrogen-bond acceptors (Lipinski definition) is 4. The van der Waals surface area contributed by atoms with E-state index in [0.717, 1.165) is 12.1 Å². The van der Waals surface area contributed by atoms with Crippen LogP contribution < -0.4 is 15.8 Å². The number of halogens is 2. The van der Waals surface area contributed by atoms with Gasteiger partial charge in [-0.05, 0) is 27.2 Å². The van der Waals surface area contributed by atoms with Crippen LogP contribution in [0.1, 0.15) is 26.3 Å². The van der Waals surface area contributed by atoms with Gasteiger partial charge in [0.1, 0.15) is 23.0 Å². The minimum atomic E-state index is -0.732. The van der Waals surface area contributed by atoms with E-state index in [1.807, 2.05) is 0 Å². The van der Waals surface area contributed by atoms with Gasteiger partial charge in [0.25, 0.3) is 0 Å². The third-order valence-corrected chi connectivity index (χ3v) is 2.72. The number of nitrogens with one attached hydrogen (secondary N) is 1. The van der Waals surface area contributed by atoms with Gasteiger partial charge in [-0.2, -0.15) is 0 Å². The van der Waals surface area contributed by atoms with Crippen LogP contribution in [-0.2, 0) is 11.2 Å². The summed E-state index contributed by atoms with van der Waals surface area (Å²) < 4.78 is 37.4. The highest BCUT2D eigenvalue weighted by molar-refractivity contribution is 5.67. The smallest absolute Gasteiger partial charge is 0.407 e. The Morgan fingerprint density at radius 3 is 2.32 bits per heavy atom. The normalized spacial score (nSPS) is 12.7. The molecule has 0 spiro atoms. The first kappa shape index (κ1) is 18.2. The maximum atomic E-state index is 13.8. The average molecular weight is 316 g/mol. The van der Waals surface area contributed by atoms with E-state index in [2.05, 4.69) is 5.32 Å². The number of methoxy groups -OCH3 is 1. The van der Waals surface area contributed by atoms with Crippen molar-refractivity contribution in [3.8, 4) is 5.75 Å². The summed E-state index contributed by atoms with van der Waals surface area (Å²) in [5.74, 6) is -1.37. The third-order valence-electron chi connectivity index (χ3n) is 2.72. The van der Waals surface area contributed by atoms with Gasteiger partial charge in [-0.15, -0.1) is 0 Å². The first-order valence-electron chi connectivity index (χ1n) is 6.86. The first-order valence-corrected chi connectivity index (χ1v) is 6.86. The molecule has 3 N–H and O–H groups in total. The largest absolute Gasteiger partial charge is 0.497 e. The summed E-state index contributed by atoms with van der Waals surface area (Å²) in [6, 6.07) is 1.53. The highest BCUT2D eigenvalue weighted by Gasteiger charge is 2.18. The zero-order valence-corrected chi connectivity index (χ0v) is 13.2. The Labute approximate surface area is 128 Å². The number of hydrogen-bond donors (Lipinski definition) is 2. The molecule has 1 unspecified atom stereocenters. The zero-order valence-electron chi connectivity index (χ0n) is 13.2. The number of carbonyl (C=O) groups is 1. The molecule has 1 aromatic rings. The summed E-state index contributed by atoms with van der Waals surface area (Å²) in [5.41, 5.74) is 5.03. The molecule has 1 atom stereocenters. The summed E-state index contributed by atoms with van der Waals surface area (Å²) in [5, 5.41) is 2.46. The average Bonchev–Trinajstić information content (AvgIpc) is 2.38. The fraction of sp³-hybridized carbons (Fsp3) is 0.533. The van der Waals surface area contributed by atoms with Crippen molar-refractivity contribution < 1.29 is 23.0 Å². The lowest BCUT2D eigenvalue weighted by atomic mass is 10.0. The molecule has 0 aliphatic carbocycles. The molecule has 0 radical (unpaired) electrons. The second-order valence-electron chi connectivity index (χ2n) is 5.92. The number of benzene rings is 1. The van der Waals surface area contributed by atoms with Crippen molar-refractivity contribution in [3.05, 3.63) is 29.3 Å². The Hall–Kier alpha value is -1.89. The Bertz CT molecular complexity index is 507. The molecule has 1 rings (SSSR count). The van der Waals surface area contributed by atoms with E-state index >= 15 is 0 Å². The molecule has 0 aromatic heterocycles. The number of nitrogens with two attached hydrogens (primary N) is 1. The molecular weight excluding hydrogens is 294 g/mol. The Kier molecular flexibility index (Phi) is 6.11. The lowest BCUT2D eigenvalue weighted by Crippen LogP contribution is -2.41. The fourth-order valence-corrected chi connectivity index (χ4v) is 1.76. The van der Waals surface area contributed by atoms with Crippen LogP contribution in [0.2, 0.25) is 0 Å². The van der Waals surface area contributed by atoms with Gasteiger partial charge in [0, 0.05) is 30.3 Å². The van der Waals surface area contributed by atoms with Crippen molar-refractivity contribution in [1.82, 2.24) is 5.32 Å². The number of alkyl carbamates (subject to hydrolysis) is 1. The zero-order chi connectivity index (χ0) is 16.9. The molecule has 1 aromatic carbocycles. The Morgan fingerprint density at radius 2 is 1.86 bits per heavy atom. The van der Waals surface area contributed by atoms with Gasteiger partial charge in [-0.3, -0.25) is 0 Å². The molecule has 0 bridgehead atoms. The second kappa shape index (κ2) is 7.40. The molecule has 0 saturated carbocycles. The van der Waals surface area contributed by atoms with Gasteiger partial charge in [0.05, 0.1) is 7.11 Å². The standard InChI is InChI=1S/C15H22F2N2O3/c1-15(2,3)22-14(20)19-8-9(18)5-11-12(16)6-10(21-4)7-13(11)17/h6-7,9H,5,8,18H2,1-4H3,(H,19,20). The van der Waals surface area contributed by atoms with Crippen LogP contribution in [0, 0.1) is 11.6 Å². The number of ether oxygens (including phenoxy) is 2. The van der Waals surface area contributed by atoms with E-state index in [0.29, 0.717) is 0 Å². The van der Waals surface area contributed by atoms with E-state index in [4.69, 9.17) is 15.2 Å². The number of amides is 1. The molecular formula is C15H22F2N2O3. The predicted octanol–water partition coefficient (Wildman–Crippen LogP) is 2.37. The van der Waals surface area contributed by atoms with Crippen LogP contribution in [-0.4, -0.2) is 31.4 Å². The quantitative estimate of drug-likeness (QED) is 0.874. The van der Waals surface area contributed by atoms with Crippen LogP contribution in [0.5, 0.6) is 5.75 Å². The van der Waals surface area contributed by atoms with Crippen LogP contribution in [0.3, 0.4) is 0 Å². The van der Waals surface area contributed by atoms with E-state index in [-0.39, 0.29) is 24.3 Å².